The van der Waals surface area contributed by atoms with Crippen LogP contribution in [0.3, 0.4) is 0 Å². The van der Waals surface area contributed by atoms with E-state index in [0.717, 1.165) is 41.3 Å². The molecule has 1 atom stereocenters. The highest BCUT2D eigenvalue weighted by molar-refractivity contribution is 7.09. The summed E-state index contributed by atoms with van der Waals surface area (Å²) in [6.07, 6.45) is 5.65. The predicted octanol–water partition coefficient (Wildman–Crippen LogP) is 2.32. The number of carbonyl (C=O) groups excluding carboxylic acids is 1. The van der Waals surface area contributed by atoms with Crippen LogP contribution in [0, 0.1) is 24.3 Å². The van der Waals surface area contributed by atoms with Crippen LogP contribution in [0.25, 0.3) is 11.3 Å². The zero-order valence-electron chi connectivity index (χ0n) is 13.5. The van der Waals surface area contributed by atoms with E-state index in [9.17, 15) is 4.79 Å². The molecule has 3 rings (SSSR count). The van der Waals surface area contributed by atoms with E-state index in [1.807, 2.05) is 30.6 Å². The molecule has 2 aromatic heterocycles. The first-order chi connectivity index (χ1) is 11.7. The van der Waals surface area contributed by atoms with Gasteiger partial charge in [-0.25, -0.2) is 4.98 Å². The minimum absolute atomic E-state index is 0.00343. The monoisotopic (exact) mass is 341 g/mol. The van der Waals surface area contributed by atoms with Gasteiger partial charge in [0.2, 0.25) is 5.91 Å². The van der Waals surface area contributed by atoms with Crippen molar-refractivity contribution in [3.05, 3.63) is 34.4 Å². The summed E-state index contributed by atoms with van der Waals surface area (Å²) in [5.41, 5.74) is 2.83. The molecule has 6 nitrogen and oxygen atoms in total. The molecule has 0 radical (unpaired) electrons. The number of pyridine rings is 1. The number of carbonyl (C=O) groups is 1. The van der Waals surface area contributed by atoms with Crippen LogP contribution in [0.2, 0.25) is 0 Å². The van der Waals surface area contributed by atoms with E-state index in [2.05, 4.69) is 21.5 Å². The van der Waals surface area contributed by atoms with Crippen molar-refractivity contribution in [1.29, 1.82) is 5.26 Å². The van der Waals surface area contributed by atoms with Gasteiger partial charge in [-0.15, -0.1) is 11.3 Å². The first kappa shape index (κ1) is 16.4. The second-order valence-corrected chi connectivity index (χ2v) is 6.86. The summed E-state index contributed by atoms with van der Waals surface area (Å²) in [7, 11) is 0. The second-order valence-electron chi connectivity index (χ2n) is 5.92. The van der Waals surface area contributed by atoms with Crippen LogP contribution in [0.4, 0.5) is 0 Å². The molecule has 0 spiro atoms. The molecule has 3 heterocycles. The number of nitrogens with one attached hydrogen (secondary N) is 1. The van der Waals surface area contributed by atoms with Gasteiger partial charge in [-0.2, -0.15) is 5.26 Å². The van der Waals surface area contributed by atoms with Gasteiger partial charge in [0.15, 0.2) is 6.19 Å². The van der Waals surface area contributed by atoms with Crippen LogP contribution in [-0.2, 0) is 11.3 Å². The maximum Gasteiger partial charge on any atom is 0.225 e. The molecule has 124 valence electrons. The van der Waals surface area contributed by atoms with E-state index in [1.165, 1.54) is 11.3 Å². The Morgan fingerprint density at radius 3 is 3.17 bits per heavy atom. The van der Waals surface area contributed by atoms with Crippen molar-refractivity contribution in [1.82, 2.24) is 20.2 Å². The highest BCUT2D eigenvalue weighted by Crippen LogP contribution is 2.21. The summed E-state index contributed by atoms with van der Waals surface area (Å²) in [4.78, 5) is 22.8. The third-order valence-electron chi connectivity index (χ3n) is 4.11. The first-order valence-electron chi connectivity index (χ1n) is 7.95. The number of nitrogens with zero attached hydrogens (tertiary/aromatic N) is 4. The van der Waals surface area contributed by atoms with Crippen molar-refractivity contribution >= 4 is 17.2 Å². The third kappa shape index (κ3) is 3.89. The number of amides is 1. The van der Waals surface area contributed by atoms with Gasteiger partial charge in [0, 0.05) is 35.9 Å². The molecule has 0 unspecified atom stereocenters. The molecule has 7 heteroatoms. The van der Waals surface area contributed by atoms with Crippen molar-refractivity contribution in [2.75, 3.05) is 13.1 Å². The van der Waals surface area contributed by atoms with Crippen molar-refractivity contribution in [3.63, 3.8) is 0 Å². The SMILES string of the molecule is Cc1ccc(-c2csc(CNC(=O)[C@H]3CCCN(C#N)C3)n2)cn1. The van der Waals surface area contributed by atoms with E-state index in [1.54, 1.807) is 4.90 Å². The zero-order valence-corrected chi connectivity index (χ0v) is 14.3. The van der Waals surface area contributed by atoms with Gasteiger partial charge in [0.05, 0.1) is 18.2 Å². The lowest BCUT2D eigenvalue weighted by Gasteiger charge is -2.27. The lowest BCUT2D eigenvalue weighted by Crippen LogP contribution is -2.40. The maximum absolute atomic E-state index is 12.3. The summed E-state index contributed by atoms with van der Waals surface area (Å²) in [5.74, 6) is -0.108. The lowest BCUT2D eigenvalue weighted by atomic mass is 9.97. The fraction of sp³-hybridized carbons (Fsp3) is 0.412. The Morgan fingerprint density at radius 2 is 2.42 bits per heavy atom. The van der Waals surface area contributed by atoms with Gasteiger partial charge in [0.25, 0.3) is 0 Å². The molecule has 1 fully saturated rings. The van der Waals surface area contributed by atoms with Gasteiger partial charge in [0.1, 0.15) is 5.01 Å². The normalized spacial score (nSPS) is 17.3. The van der Waals surface area contributed by atoms with Crippen LogP contribution < -0.4 is 5.32 Å². The number of hydrogen-bond donors (Lipinski definition) is 1. The predicted molar refractivity (Wildman–Crippen MR) is 91.8 cm³/mol. The van der Waals surface area contributed by atoms with Gasteiger partial charge < -0.3 is 10.2 Å². The summed E-state index contributed by atoms with van der Waals surface area (Å²) in [6, 6.07) is 3.96. The molecule has 1 N–H and O–H groups in total. The molecular formula is C17H19N5OS. The highest BCUT2D eigenvalue weighted by atomic mass is 32.1. The Hall–Kier alpha value is -2.46. The number of aryl methyl sites for hydroxylation is 1. The largest absolute Gasteiger partial charge is 0.349 e. The molecule has 1 aliphatic rings. The number of likely N-dealkylation sites (tertiary alicyclic amines) is 1. The minimum Gasteiger partial charge on any atom is -0.349 e. The number of thiazole rings is 1. The van der Waals surface area contributed by atoms with Crippen molar-refractivity contribution in [2.24, 2.45) is 5.92 Å². The molecule has 1 saturated heterocycles. The third-order valence-corrected chi connectivity index (χ3v) is 4.96. The lowest BCUT2D eigenvalue weighted by molar-refractivity contribution is -0.126. The fourth-order valence-electron chi connectivity index (χ4n) is 2.73. The minimum atomic E-state index is -0.112. The molecule has 0 aromatic carbocycles. The standard InChI is InChI=1S/C17H19N5OS/c1-12-4-5-13(7-19-12)15-10-24-16(21-15)8-20-17(23)14-3-2-6-22(9-14)11-18/h4-5,7,10,14H,2-3,6,8-9H2,1H3,(H,20,23)/t14-/m0/s1. The fourth-order valence-corrected chi connectivity index (χ4v) is 3.48. The molecule has 1 amide bonds. The van der Waals surface area contributed by atoms with E-state index in [-0.39, 0.29) is 11.8 Å². The maximum atomic E-state index is 12.3. The average Bonchev–Trinajstić information content (AvgIpc) is 3.09. The molecular weight excluding hydrogens is 322 g/mol. The van der Waals surface area contributed by atoms with Crippen molar-refractivity contribution in [2.45, 2.75) is 26.3 Å². The van der Waals surface area contributed by atoms with Crippen LogP contribution in [0.5, 0.6) is 0 Å². The zero-order chi connectivity index (χ0) is 16.9. The number of rotatable bonds is 4. The van der Waals surface area contributed by atoms with Crippen molar-refractivity contribution < 1.29 is 4.79 Å². The highest BCUT2D eigenvalue weighted by Gasteiger charge is 2.25. The summed E-state index contributed by atoms with van der Waals surface area (Å²) < 4.78 is 0. The second kappa shape index (κ2) is 7.41. The summed E-state index contributed by atoms with van der Waals surface area (Å²) in [6.45, 7) is 3.64. The summed E-state index contributed by atoms with van der Waals surface area (Å²) in [5, 5.41) is 14.7. The van der Waals surface area contributed by atoms with Crippen LogP contribution in [-0.4, -0.2) is 33.9 Å². The van der Waals surface area contributed by atoms with Gasteiger partial charge in [-0.05, 0) is 31.9 Å². The van der Waals surface area contributed by atoms with Gasteiger partial charge >= 0.3 is 0 Å². The molecule has 1 aliphatic heterocycles. The van der Waals surface area contributed by atoms with Gasteiger partial charge in [-0.1, -0.05) is 0 Å². The van der Waals surface area contributed by atoms with E-state index >= 15 is 0 Å². The van der Waals surface area contributed by atoms with Gasteiger partial charge in [-0.3, -0.25) is 9.78 Å². The Labute approximate surface area is 145 Å². The van der Waals surface area contributed by atoms with Crippen molar-refractivity contribution in [3.8, 4) is 17.5 Å². The molecule has 0 bridgehead atoms. The topological polar surface area (TPSA) is 81.9 Å². The van der Waals surface area contributed by atoms with Crippen LogP contribution >= 0.6 is 11.3 Å². The average molecular weight is 341 g/mol. The van der Waals surface area contributed by atoms with E-state index in [0.29, 0.717) is 13.1 Å². The first-order valence-corrected chi connectivity index (χ1v) is 8.83. The molecule has 24 heavy (non-hydrogen) atoms. The number of piperidine rings is 1. The number of aromatic nitrogens is 2. The van der Waals surface area contributed by atoms with Crippen LogP contribution in [0.15, 0.2) is 23.7 Å². The summed E-state index contributed by atoms with van der Waals surface area (Å²) >= 11 is 1.53. The van der Waals surface area contributed by atoms with E-state index < -0.39 is 0 Å². The van der Waals surface area contributed by atoms with E-state index in [4.69, 9.17) is 5.26 Å². The molecule has 0 aliphatic carbocycles. The molecule has 0 saturated carbocycles. The Morgan fingerprint density at radius 1 is 1.54 bits per heavy atom. The Bertz CT molecular complexity index is 749. The number of hydrogen-bond acceptors (Lipinski definition) is 6. The smallest absolute Gasteiger partial charge is 0.225 e. The Kier molecular flexibility index (Phi) is 5.06. The Balaban J connectivity index is 1.56. The quantitative estimate of drug-likeness (QED) is 0.863. The molecule has 2 aromatic rings. The number of nitriles is 1. The van der Waals surface area contributed by atoms with Crippen LogP contribution in [0.1, 0.15) is 23.5 Å².